The van der Waals surface area contributed by atoms with Crippen LogP contribution in [0.5, 0.6) is 0 Å². The normalized spacial score (nSPS) is 12.7. The summed E-state index contributed by atoms with van der Waals surface area (Å²) in [6.07, 6.45) is 0. The first-order valence-corrected chi connectivity index (χ1v) is 22.1. The van der Waals surface area contributed by atoms with Crippen molar-refractivity contribution in [2.75, 3.05) is 0 Å². The van der Waals surface area contributed by atoms with Crippen molar-refractivity contribution in [3.8, 4) is 84.1 Å². The van der Waals surface area contributed by atoms with Gasteiger partial charge in [-0.3, -0.25) is 0 Å². The molecule has 0 fully saturated rings. The lowest BCUT2D eigenvalue weighted by molar-refractivity contribution is 0.660. The quantitative estimate of drug-likeness (QED) is 0.160. The van der Waals surface area contributed by atoms with E-state index in [0.29, 0.717) is 5.82 Å². The van der Waals surface area contributed by atoms with Crippen molar-refractivity contribution in [1.29, 1.82) is 0 Å². The molecule has 302 valence electrons. The minimum absolute atomic E-state index is 0.0731. The Kier molecular flexibility index (Phi) is 8.84. The Morgan fingerprint density at radius 2 is 0.844 bits per heavy atom. The average molecular weight is 818 g/mol. The van der Waals surface area contributed by atoms with Crippen molar-refractivity contribution in [1.82, 2.24) is 14.5 Å². The molecule has 64 heavy (non-hydrogen) atoms. The molecule has 0 spiro atoms. The second kappa shape index (κ2) is 15.0. The summed E-state index contributed by atoms with van der Waals surface area (Å²) >= 11 is 0. The van der Waals surface area contributed by atoms with E-state index < -0.39 is 0 Å². The summed E-state index contributed by atoms with van der Waals surface area (Å²) in [7, 11) is 0. The molecule has 11 aromatic rings. The molecule has 0 atom stereocenters. The highest BCUT2D eigenvalue weighted by Crippen LogP contribution is 2.50. The van der Waals surface area contributed by atoms with Crippen molar-refractivity contribution >= 4 is 21.8 Å². The first kappa shape index (κ1) is 37.6. The molecule has 3 nitrogen and oxygen atoms in total. The summed E-state index contributed by atoms with van der Waals surface area (Å²) in [5.74, 6) is 0.678. The fourth-order valence-electron chi connectivity index (χ4n) is 10.0. The van der Waals surface area contributed by atoms with Gasteiger partial charge in [-0.25, -0.2) is 9.97 Å². The van der Waals surface area contributed by atoms with Gasteiger partial charge in [0.1, 0.15) is 0 Å². The Morgan fingerprint density at radius 3 is 1.53 bits per heavy atom. The van der Waals surface area contributed by atoms with Crippen LogP contribution in [-0.2, 0) is 5.41 Å². The first-order chi connectivity index (χ1) is 31.5. The molecule has 0 aliphatic heterocycles. The fourth-order valence-corrected chi connectivity index (χ4v) is 10.0. The molecule has 12 rings (SSSR count). The molecule has 0 radical (unpaired) electrons. The summed E-state index contributed by atoms with van der Waals surface area (Å²) in [6, 6.07) is 80.9. The summed E-state index contributed by atoms with van der Waals surface area (Å²) < 4.78 is 2.41. The lowest BCUT2D eigenvalue weighted by Gasteiger charge is -2.22. The molecule has 0 saturated heterocycles. The van der Waals surface area contributed by atoms with E-state index in [1.165, 1.54) is 55.3 Å². The molecule has 3 heteroatoms. The molecule has 2 heterocycles. The Morgan fingerprint density at radius 1 is 0.328 bits per heavy atom. The van der Waals surface area contributed by atoms with E-state index in [-0.39, 0.29) is 5.41 Å². The molecule has 0 N–H and O–H groups in total. The maximum absolute atomic E-state index is 5.28. The number of para-hydroxylation sites is 1. The third-order valence-electron chi connectivity index (χ3n) is 13.2. The summed E-state index contributed by atoms with van der Waals surface area (Å²) in [4.78, 5) is 10.6. The van der Waals surface area contributed by atoms with E-state index in [1.54, 1.807) is 0 Å². The van der Waals surface area contributed by atoms with Crippen molar-refractivity contribution in [2.24, 2.45) is 0 Å². The van der Waals surface area contributed by atoms with Crippen LogP contribution in [0.1, 0.15) is 25.0 Å². The number of aromatic nitrogens is 3. The van der Waals surface area contributed by atoms with Gasteiger partial charge < -0.3 is 4.57 Å². The second-order valence-corrected chi connectivity index (χ2v) is 17.4. The highest BCUT2D eigenvalue weighted by atomic mass is 15.0. The van der Waals surface area contributed by atoms with Crippen LogP contribution in [0.25, 0.3) is 106 Å². The standard InChI is InChI=1S/C61H43N3/c1-61(2)54-28-16-14-26-50(54)51-32-30-44(38-55(51)61)49-25-13-12-24-48(49)43-31-33-59-53(37-43)52-27-15-17-29-58(52)64(59)47-35-45(40-18-6-3-7-19-40)34-46(36-47)60-62-56(41-20-8-4-9-21-41)39-57(63-60)42-22-10-5-11-23-42/h3-39H,1-2H3. The zero-order valence-corrected chi connectivity index (χ0v) is 35.7. The minimum atomic E-state index is -0.0731. The van der Waals surface area contributed by atoms with Gasteiger partial charge in [0.2, 0.25) is 0 Å². The Labute approximate surface area is 373 Å². The second-order valence-electron chi connectivity index (χ2n) is 17.4. The average Bonchev–Trinajstić information content (AvgIpc) is 3.82. The predicted molar refractivity (Wildman–Crippen MR) is 267 cm³/mol. The Hall–Kier alpha value is -8.14. The van der Waals surface area contributed by atoms with Crippen LogP contribution in [-0.4, -0.2) is 14.5 Å². The van der Waals surface area contributed by atoms with Gasteiger partial charge >= 0.3 is 0 Å². The number of fused-ring (bicyclic) bond motifs is 6. The molecule has 2 aromatic heterocycles. The van der Waals surface area contributed by atoms with Crippen LogP contribution in [0.4, 0.5) is 0 Å². The molecule has 1 aliphatic rings. The number of rotatable bonds is 7. The zero-order valence-electron chi connectivity index (χ0n) is 35.7. The molecule has 0 bridgehead atoms. The molecule has 0 amide bonds. The van der Waals surface area contributed by atoms with Crippen LogP contribution in [0.3, 0.4) is 0 Å². The van der Waals surface area contributed by atoms with Crippen LogP contribution in [0, 0.1) is 0 Å². The predicted octanol–water partition coefficient (Wildman–Crippen LogP) is 15.9. The maximum Gasteiger partial charge on any atom is 0.160 e. The van der Waals surface area contributed by atoms with E-state index in [4.69, 9.17) is 9.97 Å². The molecule has 0 unspecified atom stereocenters. The third-order valence-corrected chi connectivity index (χ3v) is 13.2. The topological polar surface area (TPSA) is 30.7 Å². The number of hydrogen-bond acceptors (Lipinski definition) is 2. The van der Waals surface area contributed by atoms with Gasteiger partial charge in [0.05, 0.1) is 22.4 Å². The van der Waals surface area contributed by atoms with Crippen molar-refractivity contribution in [2.45, 2.75) is 19.3 Å². The van der Waals surface area contributed by atoms with Crippen LogP contribution in [0.2, 0.25) is 0 Å². The molecule has 1 aliphatic carbocycles. The molecule has 9 aromatic carbocycles. The largest absolute Gasteiger partial charge is 0.309 e. The SMILES string of the molecule is CC1(C)c2ccccc2-c2ccc(-c3ccccc3-c3ccc4c(c3)c3ccccc3n4-c3cc(-c4ccccc4)cc(-c4nc(-c5ccccc5)cc(-c5ccccc5)n4)c3)cc21. The van der Waals surface area contributed by atoms with Crippen LogP contribution in [0.15, 0.2) is 224 Å². The highest BCUT2D eigenvalue weighted by Gasteiger charge is 2.35. The van der Waals surface area contributed by atoms with Crippen LogP contribution < -0.4 is 0 Å². The zero-order chi connectivity index (χ0) is 42.8. The summed E-state index contributed by atoms with van der Waals surface area (Å²) in [5.41, 5.74) is 20.6. The van der Waals surface area contributed by atoms with Crippen molar-refractivity contribution in [3.63, 3.8) is 0 Å². The van der Waals surface area contributed by atoms with E-state index >= 15 is 0 Å². The smallest absolute Gasteiger partial charge is 0.160 e. The van der Waals surface area contributed by atoms with Gasteiger partial charge in [0, 0.05) is 38.6 Å². The number of nitrogens with zero attached hydrogens (tertiary/aromatic N) is 3. The van der Waals surface area contributed by atoms with E-state index in [1.807, 2.05) is 12.1 Å². The van der Waals surface area contributed by atoms with E-state index in [9.17, 15) is 0 Å². The summed E-state index contributed by atoms with van der Waals surface area (Å²) in [6.45, 7) is 4.71. The van der Waals surface area contributed by atoms with Gasteiger partial charge in [0.15, 0.2) is 5.82 Å². The fraction of sp³-hybridized carbons (Fsp3) is 0.0492. The Bertz CT molecular complexity index is 3510. The van der Waals surface area contributed by atoms with E-state index in [2.05, 4.69) is 231 Å². The lowest BCUT2D eigenvalue weighted by atomic mass is 9.81. The first-order valence-electron chi connectivity index (χ1n) is 22.1. The van der Waals surface area contributed by atoms with Crippen molar-refractivity contribution in [3.05, 3.63) is 236 Å². The molecular weight excluding hydrogens is 775 g/mol. The van der Waals surface area contributed by atoms with Gasteiger partial charge in [0.25, 0.3) is 0 Å². The van der Waals surface area contributed by atoms with Gasteiger partial charge in [-0.2, -0.15) is 0 Å². The molecular formula is C61H43N3. The minimum Gasteiger partial charge on any atom is -0.309 e. The van der Waals surface area contributed by atoms with Gasteiger partial charge in [-0.1, -0.05) is 190 Å². The number of hydrogen-bond donors (Lipinski definition) is 0. The Balaban J connectivity index is 1.03. The van der Waals surface area contributed by atoms with Crippen LogP contribution >= 0.6 is 0 Å². The lowest BCUT2D eigenvalue weighted by Crippen LogP contribution is -2.14. The maximum atomic E-state index is 5.28. The van der Waals surface area contributed by atoms with Crippen molar-refractivity contribution < 1.29 is 0 Å². The molecule has 0 saturated carbocycles. The van der Waals surface area contributed by atoms with E-state index in [0.717, 1.165) is 55.9 Å². The summed E-state index contributed by atoms with van der Waals surface area (Å²) in [5, 5.41) is 2.41. The monoisotopic (exact) mass is 817 g/mol. The van der Waals surface area contributed by atoms with Gasteiger partial charge in [-0.15, -0.1) is 0 Å². The third kappa shape index (κ3) is 6.28. The highest BCUT2D eigenvalue weighted by molar-refractivity contribution is 6.11. The van der Waals surface area contributed by atoms with Gasteiger partial charge in [-0.05, 0) is 104 Å². The number of benzene rings is 9.